The van der Waals surface area contributed by atoms with Gasteiger partial charge in [0.05, 0.1) is 59.7 Å². The van der Waals surface area contributed by atoms with Crippen LogP contribution in [0.4, 0.5) is 0 Å². The Morgan fingerprint density at radius 2 is 0.522 bits per heavy atom. The summed E-state index contributed by atoms with van der Waals surface area (Å²) in [4.78, 5) is 96.5. The number of carbonyl (C=O) groups excluding carboxylic acids is 6. The molecular formula is C99H128N6O8. The molecule has 0 N–H and O–H groups in total. The van der Waals surface area contributed by atoms with Crippen molar-refractivity contribution in [3.63, 3.8) is 0 Å². The molecule has 0 bridgehead atoms. The number of morpholine rings is 2. The predicted octanol–water partition coefficient (Wildman–Crippen LogP) is 18.7. The molecule has 15 rings (SSSR count). The van der Waals surface area contributed by atoms with E-state index in [1.807, 2.05) is 76.2 Å². The van der Waals surface area contributed by atoms with Crippen LogP contribution >= 0.6 is 0 Å². The van der Waals surface area contributed by atoms with Gasteiger partial charge in [-0.05, 0) is 309 Å². The Bertz CT molecular complexity index is 4320. The normalized spacial score (nSPS) is 19.7. The van der Waals surface area contributed by atoms with Crippen molar-refractivity contribution < 1.29 is 38.2 Å². The molecule has 0 aromatic heterocycles. The quantitative estimate of drug-likeness (QED) is 0.0469. The first-order valence-electron chi connectivity index (χ1n) is 42.7. The fourth-order valence-electron chi connectivity index (χ4n) is 20.3. The third kappa shape index (κ3) is 15.9. The molecule has 0 unspecified atom stereocenters. The molecule has 6 aromatic rings. The summed E-state index contributed by atoms with van der Waals surface area (Å²) in [5.41, 5.74) is 14.5. The van der Waals surface area contributed by atoms with Crippen LogP contribution in [-0.4, -0.2) is 202 Å². The van der Waals surface area contributed by atoms with Gasteiger partial charge >= 0.3 is 0 Å². The lowest BCUT2D eigenvalue weighted by Gasteiger charge is -2.40. The highest BCUT2D eigenvalue weighted by atomic mass is 16.5. The summed E-state index contributed by atoms with van der Waals surface area (Å²) >= 11 is 0. The predicted molar refractivity (Wildman–Crippen MR) is 458 cm³/mol. The molecule has 6 heterocycles. The summed E-state index contributed by atoms with van der Waals surface area (Å²) < 4.78 is 11.0. The number of ketones is 6. The fraction of sp³-hybridized carbons (Fsp3) is 0.535. The molecule has 6 aliphatic heterocycles. The number of hydrogen-bond donors (Lipinski definition) is 0. The number of nitrogens with zero attached hydrogens (tertiary/aromatic N) is 6. The molecule has 0 amide bonds. The van der Waals surface area contributed by atoms with Gasteiger partial charge in [-0.2, -0.15) is 0 Å². The number of benzene rings is 6. The van der Waals surface area contributed by atoms with Crippen LogP contribution in [0.5, 0.6) is 0 Å². The molecule has 14 nitrogen and oxygen atoms in total. The second-order valence-corrected chi connectivity index (χ2v) is 37.4. The smallest absolute Gasteiger partial charge is 0.182 e. The van der Waals surface area contributed by atoms with Crippen molar-refractivity contribution in [2.45, 2.75) is 237 Å². The number of likely N-dealkylation sites (tertiary alicyclic amines) is 4. The molecule has 0 spiro atoms. The molecular weight excluding hydrogens is 1400 g/mol. The minimum absolute atomic E-state index is 0.114. The van der Waals surface area contributed by atoms with Crippen LogP contribution in [-0.2, 0) is 26.7 Å². The molecule has 0 atom stereocenters. The Balaban J connectivity index is 0.000000149. The Morgan fingerprint density at radius 1 is 0.310 bits per heavy atom. The molecule has 6 fully saturated rings. The van der Waals surface area contributed by atoms with E-state index in [-0.39, 0.29) is 40.1 Å². The third-order valence-electron chi connectivity index (χ3n) is 28.0. The van der Waals surface area contributed by atoms with Crippen molar-refractivity contribution in [1.29, 1.82) is 0 Å². The minimum atomic E-state index is -0.636. The first-order chi connectivity index (χ1) is 53.7. The van der Waals surface area contributed by atoms with E-state index in [2.05, 4.69) is 185 Å². The summed E-state index contributed by atoms with van der Waals surface area (Å²) in [6, 6.07) is 37.2. The van der Waals surface area contributed by atoms with Crippen molar-refractivity contribution in [3.05, 3.63) is 201 Å². The van der Waals surface area contributed by atoms with Crippen molar-refractivity contribution in [1.82, 2.24) is 29.4 Å². The highest BCUT2D eigenvalue weighted by Gasteiger charge is 2.48. The number of allylic oxidation sites excluding steroid dienone is 2. The van der Waals surface area contributed by atoms with Crippen LogP contribution in [0.2, 0.25) is 0 Å². The van der Waals surface area contributed by atoms with Crippen molar-refractivity contribution in [2.24, 2.45) is 0 Å². The van der Waals surface area contributed by atoms with Crippen LogP contribution in [0.15, 0.2) is 135 Å². The van der Waals surface area contributed by atoms with Gasteiger partial charge in [0.15, 0.2) is 34.7 Å². The van der Waals surface area contributed by atoms with Gasteiger partial charge in [-0.15, -0.1) is 13.2 Å². The number of ether oxygens (including phenoxy) is 2. The van der Waals surface area contributed by atoms with E-state index < -0.39 is 38.6 Å². The summed E-state index contributed by atoms with van der Waals surface area (Å²) in [5.74, 6) is 1.01. The Morgan fingerprint density at radius 3 is 0.770 bits per heavy atom. The van der Waals surface area contributed by atoms with Crippen molar-refractivity contribution in [3.8, 4) is 33.4 Å². The lowest BCUT2D eigenvalue weighted by Crippen LogP contribution is -2.54. The standard InChI is InChI=1S/C36H46N2O3.C32H42N2O3.C31H40N2O2/c1-7-16-36(17-8-2)30-24-26(32(39)34(3,4)37-18-10-9-11-19-37)12-14-28(30)29-15-13-27(25-31(29)36)33(40)35(5,6)38-20-22-41-23-21-38;1-30(2)26-20-22(28(35)31(3,4)33-14-8-7-9-15-33)10-12-24(26)25-13-11-23(21-27(25)30)29(36)32(5,6)34-16-18-37-19-17-34;1-30(2,32-15-7-5-8-16-32)28(34)22-11-13-26-24(19-22)21-25-20-23(12-14-27(25)26)29(35)31(3,4)33-17-9-6-10-18-33/h7-8,12-15,24-25H,1-2,9-11,16-23H2,3-6H3;10-13,20-21H,7-9,14-19H2,1-6H3;11-14,19-20H,5-10,15-18,21H2,1-4H3. The molecule has 602 valence electrons. The zero-order valence-corrected chi connectivity index (χ0v) is 70.8. The van der Waals surface area contributed by atoms with E-state index in [0.717, 1.165) is 172 Å². The van der Waals surface area contributed by atoms with Gasteiger partial charge in [-0.3, -0.25) is 58.2 Å². The molecule has 0 saturated carbocycles. The van der Waals surface area contributed by atoms with Crippen LogP contribution in [0.1, 0.15) is 282 Å². The topological polar surface area (TPSA) is 140 Å². The molecule has 6 saturated heterocycles. The fourth-order valence-corrected chi connectivity index (χ4v) is 20.3. The molecule has 3 aliphatic carbocycles. The molecule has 14 heteroatoms. The van der Waals surface area contributed by atoms with Crippen LogP contribution in [0, 0.1) is 0 Å². The monoisotopic (exact) mass is 1530 g/mol. The Hall–Kier alpha value is -7.50. The SMILES string of the molecule is C=CCC1(CC=C)c2cc(C(=O)C(C)(C)N3CCCCC3)ccc2-c2ccc(C(=O)C(C)(C)N3CCOCC3)cc21.CC(C)(C(=O)c1ccc2c(c1)Cc1cc(C(=O)C(C)(C)N3CCCCC3)ccc1-2)N1CCCCC1.CC1(C)c2cc(C(=O)C(C)(C)N3CCCCC3)ccc2-c2ccc(C(=O)C(C)(C)N3CCOCC3)cc21. The molecule has 9 aliphatic rings. The van der Waals surface area contributed by atoms with E-state index in [4.69, 9.17) is 9.47 Å². The number of piperidine rings is 4. The van der Waals surface area contributed by atoms with Gasteiger partial charge in [-0.1, -0.05) is 124 Å². The van der Waals surface area contributed by atoms with Crippen molar-refractivity contribution >= 4 is 34.7 Å². The first kappa shape index (κ1) is 83.4. The highest BCUT2D eigenvalue weighted by Crippen LogP contribution is 2.55. The minimum Gasteiger partial charge on any atom is -0.379 e. The van der Waals surface area contributed by atoms with Gasteiger partial charge < -0.3 is 9.47 Å². The number of Topliss-reactive ketones (excluding diaryl/α,β-unsaturated/α-hetero) is 6. The van der Waals surface area contributed by atoms with Crippen LogP contribution in [0.3, 0.4) is 0 Å². The Labute approximate surface area is 675 Å². The van der Waals surface area contributed by atoms with Crippen LogP contribution in [0.25, 0.3) is 33.4 Å². The lowest BCUT2D eigenvalue weighted by atomic mass is 9.71. The molecule has 6 aromatic carbocycles. The average molecular weight is 1530 g/mol. The highest BCUT2D eigenvalue weighted by molar-refractivity contribution is 6.08. The largest absolute Gasteiger partial charge is 0.379 e. The third-order valence-corrected chi connectivity index (χ3v) is 28.0. The van der Waals surface area contributed by atoms with E-state index >= 15 is 0 Å². The zero-order valence-electron chi connectivity index (χ0n) is 70.8. The summed E-state index contributed by atoms with van der Waals surface area (Å²) in [6.45, 7) is 50.9. The summed E-state index contributed by atoms with van der Waals surface area (Å²) in [7, 11) is 0. The second-order valence-electron chi connectivity index (χ2n) is 37.4. The molecule has 113 heavy (non-hydrogen) atoms. The first-order valence-corrected chi connectivity index (χ1v) is 42.7. The van der Waals surface area contributed by atoms with Gasteiger partial charge in [0.2, 0.25) is 0 Å². The van der Waals surface area contributed by atoms with Crippen molar-refractivity contribution in [2.75, 3.05) is 105 Å². The average Bonchev–Trinajstić information content (AvgIpc) is 1.22. The van der Waals surface area contributed by atoms with E-state index in [0.29, 0.717) is 44.8 Å². The summed E-state index contributed by atoms with van der Waals surface area (Å²) in [5, 5.41) is 0. The Kier molecular flexibility index (Phi) is 24.6. The number of fused-ring (bicyclic) bond motifs is 9. The number of rotatable bonds is 22. The van der Waals surface area contributed by atoms with E-state index in [9.17, 15) is 28.8 Å². The van der Waals surface area contributed by atoms with E-state index in [1.54, 1.807) is 0 Å². The maximum atomic E-state index is 14.0. The summed E-state index contributed by atoms with van der Waals surface area (Å²) in [6.07, 6.45) is 20.4. The van der Waals surface area contributed by atoms with Gasteiger partial charge in [0.25, 0.3) is 0 Å². The van der Waals surface area contributed by atoms with Crippen LogP contribution < -0.4 is 0 Å². The van der Waals surface area contributed by atoms with Gasteiger partial charge in [-0.25, -0.2) is 0 Å². The molecule has 0 radical (unpaired) electrons. The number of hydrogen-bond acceptors (Lipinski definition) is 14. The lowest BCUT2D eigenvalue weighted by molar-refractivity contribution is -0.00443. The maximum Gasteiger partial charge on any atom is 0.182 e. The van der Waals surface area contributed by atoms with Gasteiger partial charge in [0, 0.05) is 70.4 Å². The zero-order chi connectivity index (χ0) is 80.8. The van der Waals surface area contributed by atoms with Gasteiger partial charge in [0.1, 0.15) is 0 Å². The van der Waals surface area contributed by atoms with E-state index in [1.165, 1.54) is 84.7 Å². The second kappa shape index (κ2) is 33.2. The maximum absolute atomic E-state index is 14.0. The number of carbonyl (C=O) groups is 6.